The number of rotatable bonds is 5. The first kappa shape index (κ1) is 21.9. The highest BCUT2D eigenvalue weighted by Gasteiger charge is 2.45. The van der Waals surface area contributed by atoms with E-state index in [1.165, 1.54) is 0 Å². The van der Waals surface area contributed by atoms with Crippen molar-refractivity contribution in [3.8, 4) is 5.75 Å². The molecule has 0 amide bonds. The molecule has 0 aromatic heterocycles. The smallest absolute Gasteiger partial charge is 0.118 e. The summed E-state index contributed by atoms with van der Waals surface area (Å²) in [6.07, 6.45) is -4.55. The maximum absolute atomic E-state index is 10.6. The zero-order valence-electron chi connectivity index (χ0n) is 16.5. The maximum atomic E-state index is 10.6. The largest absolute Gasteiger partial charge is 0.497 e. The van der Waals surface area contributed by atoms with Gasteiger partial charge in [-0.1, -0.05) is 29.8 Å². The van der Waals surface area contributed by atoms with E-state index >= 15 is 0 Å². The van der Waals surface area contributed by atoms with Gasteiger partial charge in [-0.15, -0.1) is 11.8 Å². The SMILES string of the molecule is COc1ccc(Cc2cc([C@@H]3O[C@H](CO)[C@@H](O)[C@H](O)[C@H]3O)c3c(c2Cl)SCC3)cc1. The summed E-state index contributed by atoms with van der Waals surface area (Å²) in [4.78, 5) is 0.967. The van der Waals surface area contributed by atoms with Crippen LogP contribution in [0.15, 0.2) is 35.2 Å². The molecule has 0 aliphatic carbocycles. The normalized spacial score (nSPS) is 28.4. The number of hydrogen-bond acceptors (Lipinski definition) is 7. The molecule has 2 aliphatic rings. The van der Waals surface area contributed by atoms with E-state index in [2.05, 4.69) is 0 Å². The van der Waals surface area contributed by atoms with Crippen molar-refractivity contribution in [2.24, 2.45) is 0 Å². The van der Waals surface area contributed by atoms with E-state index in [1.807, 2.05) is 30.3 Å². The highest BCUT2D eigenvalue weighted by Crippen LogP contribution is 2.46. The molecule has 0 saturated carbocycles. The van der Waals surface area contributed by atoms with Crippen LogP contribution in [0.25, 0.3) is 0 Å². The Morgan fingerprint density at radius 3 is 2.53 bits per heavy atom. The molecule has 4 N–H and O–H groups in total. The van der Waals surface area contributed by atoms with Gasteiger partial charge in [0, 0.05) is 10.6 Å². The first-order chi connectivity index (χ1) is 14.4. The lowest BCUT2D eigenvalue weighted by molar-refractivity contribution is -0.231. The number of methoxy groups -OCH3 is 1. The number of thioether (sulfide) groups is 1. The number of aliphatic hydroxyl groups excluding tert-OH is 4. The van der Waals surface area contributed by atoms with Crippen molar-refractivity contribution in [1.29, 1.82) is 0 Å². The molecule has 8 heteroatoms. The van der Waals surface area contributed by atoms with Gasteiger partial charge in [0.15, 0.2) is 0 Å². The molecule has 162 valence electrons. The first-order valence-corrected chi connectivity index (χ1v) is 11.2. The Labute approximate surface area is 184 Å². The van der Waals surface area contributed by atoms with Crippen LogP contribution >= 0.6 is 23.4 Å². The van der Waals surface area contributed by atoms with Crippen molar-refractivity contribution in [3.63, 3.8) is 0 Å². The third kappa shape index (κ3) is 3.96. The lowest BCUT2D eigenvalue weighted by atomic mass is 9.87. The van der Waals surface area contributed by atoms with Crippen LogP contribution in [0.5, 0.6) is 5.75 Å². The maximum Gasteiger partial charge on any atom is 0.118 e. The molecule has 2 heterocycles. The van der Waals surface area contributed by atoms with Crippen molar-refractivity contribution in [2.75, 3.05) is 19.5 Å². The fourth-order valence-electron chi connectivity index (χ4n) is 4.12. The van der Waals surface area contributed by atoms with Crippen molar-refractivity contribution >= 4 is 23.4 Å². The van der Waals surface area contributed by atoms with Crippen molar-refractivity contribution in [3.05, 3.63) is 57.6 Å². The van der Waals surface area contributed by atoms with Crippen LogP contribution in [0.2, 0.25) is 5.02 Å². The summed E-state index contributed by atoms with van der Waals surface area (Å²) in [5, 5.41) is 41.3. The lowest BCUT2D eigenvalue weighted by Gasteiger charge is -2.41. The second-order valence-corrected chi connectivity index (χ2v) is 9.10. The minimum Gasteiger partial charge on any atom is -0.497 e. The molecule has 1 fully saturated rings. The molecular formula is C22H25ClO6S. The third-order valence-corrected chi connectivity index (χ3v) is 7.48. The lowest BCUT2D eigenvalue weighted by Crippen LogP contribution is -2.55. The average molecular weight is 453 g/mol. The van der Waals surface area contributed by atoms with Gasteiger partial charge in [-0.25, -0.2) is 0 Å². The minimum absolute atomic E-state index is 0.454. The Hall–Kier alpha value is -1.32. The van der Waals surface area contributed by atoms with Gasteiger partial charge < -0.3 is 29.9 Å². The number of aliphatic hydroxyl groups is 4. The predicted octanol–water partition coefficient (Wildman–Crippen LogP) is 2.10. The number of halogens is 1. The number of fused-ring (bicyclic) bond motifs is 1. The third-order valence-electron chi connectivity index (χ3n) is 5.78. The molecule has 1 saturated heterocycles. The van der Waals surface area contributed by atoms with Crippen molar-refractivity contribution in [2.45, 2.75) is 48.3 Å². The molecule has 5 atom stereocenters. The van der Waals surface area contributed by atoms with E-state index in [4.69, 9.17) is 21.1 Å². The molecule has 2 aromatic rings. The van der Waals surface area contributed by atoms with E-state index in [0.29, 0.717) is 11.4 Å². The molecule has 2 aromatic carbocycles. The van der Waals surface area contributed by atoms with Crippen LogP contribution in [-0.4, -0.2) is 64.3 Å². The summed E-state index contributed by atoms with van der Waals surface area (Å²) < 4.78 is 11.1. The topological polar surface area (TPSA) is 99.4 Å². The molecular weight excluding hydrogens is 428 g/mol. The van der Waals surface area contributed by atoms with Gasteiger partial charge >= 0.3 is 0 Å². The molecule has 2 aliphatic heterocycles. The first-order valence-electron chi connectivity index (χ1n) is 9.85. The molecule has 30 heavy (non-hydrogen) atoms. The van der Waals surface area contributed by atoms with Crippen LogP contribution in [0.3, 0.4) is 0 Å². The van der Waals surface area contributed by atoms with Gasteiger partial charge in [0.2, 0.25) is 0 Å². The summed E-state index contributed by atoms with van der Waals surface area (Å²) in [5.74, 6) is 1.64. The van der Waals surface area contributed by atoms with Crippen LogP contribution < -0.4 is 4.74 Å². The summed E-state index contributed by atoms with van der Waals surface area (Å²) in [5.41, 5.74) is 3.69. The van der Waals surface area contributed by atoms with E-state index in [9.17, 15) is 20.4 Å². The van der Waals surface area contributed by atoms with Crippen LogP contribution in [0.1, 0.15) is 28.4 Å². The summed E-state index contributed by atoms with van der Waals surface area (Å²) >= 11 is 8.40. The predicted molar refractivity (Wildman–Crippen MR) is 114 cm³/mol. The molecule has 0 radical (unpaired) electrons. The Balaban J connectivity index is 1.73. The van der Waals surface area contributed by atoms with E-state index < -0.39 is 37.1 Å². The van der Waals surface area contributed by atoms with Gasteiger partial charge in [0.05, 0.1) is 18.7 Å². The Morgan fingerprint density at radius 2 is 1.87 bits per heavy atom. The summed E-state index contributed by atoms with van der Waals surface area (Å²) in [6.45, 7) is -0.454. The quantitative estimate of drug-likeness (QED) is 0.551. The van der Waals surface area contributed by atoms with Crippen LogP contribution in [-0.2, 0) is 17.6 Å². The number of ether oxygens (including phenoxy) is 2. The minimum atomic E-state index is -1.41. The monoisotopic (exact) mass is 452 g/mol. The Kier molecular flexibility index (Phi) is 6.60. The molecule has 4 rings (SSSR count). The zero-order chi connectivity index (χ0) is 21.4. The highest BCUT2D eigenvalue weighted by molar-refractivity contribution is 7.99. The molecule has 0 unspecified atom stereocenters. The number of hydrogen-bond donors (Lipinski definition) is 4. The highest BCUT2D eigenvalue weighted by atomic mass is 35.5. The van der Waals surface area contributed by atoms with Crippen molar-refractivity contribution < 1.29 is 29.9 Å². The Morgan fingerprint density at radius 1 is 1.13 bits per heavy atom. The summed E-state index contributed by atoms with van der Waals surface area (Å²) in [6, 6.07) is 9.66. The van der Waals surface area contributed by atoms with E-state index in [0.717, 1.165) is 45.1 Å². The fraction of sp³-hybridized carbons (Fsp3) is 0.455. The molecule has 6 nitrogen and oxygen atoms in total. The standard InChI is InChI=1S/C22H25ClO6S/c1-28-13-4-2-11(3-5-13)8-12-9-15(14-6-7-30-22(14)17(12)23)21-20(27)19(26)18(25)16(10-24)29-21/h2-5,9,16,18-21,24-27H,6-8,10H2,1H3/t16-,18-,19+,20-,21+/m1/s1. The zero-order valence-corrected chi connectivity index (χ0v) is 18.1. The van der Waals surface area contributed by atoms with Gasteiger partial charge in [-0.05, 0) is 47.2 Å². The Bertz CT molecular complexity index is 903. The second-order valence-electron chi connectivity index (χ2n) is 7.62. The van der Waals surface area contributed by atoms with Crippen LogP contribution in [0, 0.1) is 0 Å². The van der Waals surface area contributed by atoms with E-state index in [-0.39, 0.29) is 0 Å². The summed E-state index contributed by atoms with van der Waals surface area (Å²) in [7, 11) is 1.62. The average Bonchev–Trinajstić information content (AvgIpc) is 3.26. The van der Waals surface area contributed by atoms with E-state index in [1.54, 1.807) is 18.9 Å². The van der Waals surface area contributed by atoms with Gasteiger partial charge in [0.1, 0.15) is 36.3 Å². The number of benzene rings is 2. The van der Waals surface area contributed by atoms with Crippen molar-refractivity contribution in [1.82, 2.24) is 0 Å². The van der Waals surface area contributed by atoms with Gasteiger partial charge in [-0.3, -0.25) is 0 Å². The van der Waals surface area contributed by atoms with Gasteiger partial charge in [0.25, 0.3) is 0 Å². The van der Waals surface area contributed by atoms with Crippen LogP contribution in [0.4, 0.5) is 0 Å². The fourth-order valence-corrected chi connectivity index (χ4v) is 5.68. The second kappa shape index (κ2) is 9.04. The molecule has 0 bridgehead atoms. The molecule has 0 spiro atoms. The van der Waals surface area contributed by atoms with Gasteiger partial charge in [-0.2, -0.15) is 0 Å².